The average Bonchev–Trinajstić information content (AvgIpc) is 2.67. The maximum atomic E-state index is 10.9. The number of anilines is 1. The Morgan fingerprint density at radius 1 is 1.53 bits per heavy atom. The van der Waals surface area contributed by atoms with Crippen LogP contribution in [0.4, 0.5) is 11.4 Å². The highest BCUT2D eigenvalue weighted by Gasteiger charge is 2.26. The number of nitrogens with one attached hydrogen (secondary N) is 2. The van der Waals surface area contributed by atoms with Gasteiger partial charge >= 0.3 is 0 Å². The predicted molar refractivity (Wildman–Crippen MR) is 67.1 cm³/mol. The van der Waals surface area contributed by atoms with E-state index >= 15 is 0 Å². The number of nitro benzene ring substituents is 1. The quantitative estimate of drug-likeness (QED) is 0.575. The molecule has 0 saturated carbocycles. The van der Waals surface area contributed by atoms with Crippen molar-refractivity contribution >= 4 is 27.3 Å². The van der Waals surface area contributed by atoms with Gasteiger partial charge in [0.1, 0.15) is 5.69 Å². The molecular weight excluding hydrogens is 290 g/mol. The van der Waals surface area contributed by atoms with Gasteiger partial charge in [-0.2, -0.15) is 0 Å². The van der Waals surface area contributed by atoms with E-state index in [0.29, 0.717) is 23.2 Å². The topological polar surface area (TPSA) is 87.4 Å². The first-order chi connectivity index (χ1) is 8.08. The molecule has 0 radical (unpaired) electrons. The molecule has 1 aromatic rings. The van der Waals surface area contributed by atoms with E-state index < -0.39 is 11.0 Å². The summed E-state index contributed by atoms with van der Waals surface area (Å²) in [4.78, 5) is 10.5. The first kappa shape index (κ1) is 12.3. The third-order valence-corrected chi connectivity index (χ3v) is 3.17. The molecule has 92 valence electrons. The van der Waals surface area contributed by atoms with E-state index in [0.717, 1.165) is 0 Å². The van der Waals surface area contributed by atoms with Crippen LogP contribution in [0.5, 0.6) is 0 Å². The smallest absolute Gasteiger partial charge is 0.293 e. The molecule has 0 spiro atoms. The standard InChI is InChI=1S/C10H12BrN3O3/c11-6-1-2-7(9(3-6)14(16)17)13-8-4-12-5-10(8)15/h1-3,8,10,12-13,15H,4-5H2. The van der Waals surface area contributed by atoms with Crippen molar-refractivity contribution in [3.63, 3.8) is 0 Å². The van der Waals surface area contributed by atoms with Gasteiger partial charge in [0.05, 0.1) is 17.1 Å². The van der Waals surface area contributed by atoms with E-state index in [1.165, 1.54) is 6.07 Å². The Balaban J connectivity index is 2.22. The van der Waals surface area contributed by atoms with Gasteiger partial charge in [0.15, 0.2) is 0 Å². The maximum Gasteiger partial charge on any atom is 0.293 e. The molecule has 0 aliphatic carbocycles. The van der Waals surface area contributed by atoms with Gasteiger partial charge in [0, 0.05) is 23.6 Å². The molecule has 1 aliphatic rings. The fourth-order valence-electron chi connectivity index (χ4n) is 1.79. The minimum atomic E-state index is -0.529. The molecule has 1 aromatic carbocycles. The van der Waals surface area contributed by atoms with Crippen LogP contribution in [-0.2, 0) is 0 Å². The van der Waals surface area contributed by atoms with Crippen LogP contribution >= 0.6 is 15.9 Å². The lowest BCUT2D eigenvalue weighted by Crippen LogP contribution is -2.32. The first-order valence-electron chi connectivity index (χ1n) is 5.17. The van der Waals surface area contributed by atoms with Crippen LogP contribution in [0.25, 0.3) is 0 Å². The second kappa shape index (κ2) is 4.99. The maximum absolute atomic E-state index is 10.9. The third-order valence-electron chi connectivity index (χ3n) is 2.68. The summed E-state index contributed by atoms with van der Waals surface area (Å²) >= 11 is 3.20. The lowest BCUT2D eigenvalue weighted by atomic mass is 10.2. The average molecular weight is 302 g/mol. The molecule has 1 fully saturated rings. The predicted octanol–water partition coefficient (Wildman–Crippen LogP) is 1.10. The number of rotatable bonds is 3. The van der Waals surface area contributed by atoms with E-state index in [1.807, 2.05) is 0 Å². The Kier molecular flexibility index (Phi) is 3.60. The second-order valence-corrected chi connectivity index (χ2v) is 4.81. The molecule has 1 saturated heterocycles. The highest BCUT2D eigenvalue weighted by molar-refractivity contribution is 9.10. The molecule has 17 heavy (non-hydrogen) atoms. The van der Waals surface area contributed by atoms with Crippen LogP contribution in [0.2, 0.25) is 0 Å². The Hall–Kier alpha value is -1.18. The van der Waals surface area contributed by atoms with Gasteiger partial charge in [-0.3, -0.25) is 10.1 Å². The molecule has 2 atom stereocenters. The fourth-order valence-corrected chi connectivity index (χ4v) is 2.14. The van der Waals surface area contributed by atoms with Crippen molar-refractivity contribution in [3.05, 3.63) is 32.8 Å². The summed E-state index contributed by atoms with van der Waals surface area (Å²) in [6, 6.07) is 4.60. The summed E-state index contributed by atoms with van der Waals surface area (Å²) < 4.78 is 0.653. The molecule has 3 N–H and O–H groups in total. The molecule has 2 unspecified atom stereocenters. The number of halogens is 1. The molecule has 0 amide bonds. The highest BCUT2D eigenvalue weighted by atomic mass is 79.9. The lowest BCUT2D eigenvalue weighted by Gasteiger charge is -2.16. The van der Waals surface area contributed by atoms with Gasteiger partial charge in [-0.05, 0) is 12.1 Å². The molecule has 7 heteroatoms. The van der Waals surface area contributed by atoms with E-state index in [1.54, 1.807) is 12.1 Å². The largest absolute Gasteiger partial charge is 0.390 e. The molecular formula is C10H12BrN3O3. The van der Waals surface area contributed by atoms with Gasteiger partial charge < -0.3 is 15.7 Å². The number of aliphatic hydroxyl groups is 1. The minimum Gasteiger partial charge on any atom is -0.390 e. The Bertz CT molecular complexity index is 441. The Morgan fingerprint density at radius 3 is 2.88 bits per heavy atom. The molecule has 6 nitrogen and oxygen atoms in total. The van der Waals surface area contributed by atoms with Crippen LogP contribution in [0.15, 0.2) is 22.7 Å². The van der Waals surface area contributed by atoms with E-state index in [2.05, 4.69) is 26.6 Å². The number of β-amino-alcohol motifs (C(OH)–C–C–N with tert-alkyl or cyclic N) is 1. The Labute approximate surface area is 106 Å². The van der Waals surface area contributed by atoms with Crippen molar-refractivity contribution in [2.75, 3.05) is 18.4 Å². The van der Waals surface area contributed by atoms with Crippen molar-refractivity contribution in [1.29, 1.82) is 0 Å². The lowest BCUT2D eigenvalue weighted by molar-refractivity contribution is -0.384. The van der Waals surface area contributed by atoms with Crippen LogP contribution in [-0.4, -0.2) is 35.3 Å². The number of hydrogen-bond donors (Lipinski definition) is 3. The SMILES string of the molecule is O=[N+]([O-])c1cc(Br)ccc1NC1CNCC1O. The third kappa shape index (κ3) is 2.74. The molecule has 0 bridgehead atoms. The van der Waals surface area contributed by atoms with Crippen LogP contribution in [0.1, 0.15) is 0 Å². The molecule has 2 rings (SSSR count). The van der Waals surface area contributed by atoms with Gasteiger partial charge in [-0.25, -0.2) is 0 Å². The molecule has 0 aromatic heterocycles. The van der Waals surface area contributed by atoms with E-state index in [4.69, 9.17) is 0 Å². The van der Waals surface area contributed by atoms with E-state index in [9.17, 15) is 15.2 Å². The normalized spacial score (nSPS) is 23.6. The van der Waals surface area contributed by atoms with E-state index in [-0.39, 0.29) is 11.7 Å². The summed E-state index contributed by atoms with van der Waals surface area (Å²) in [6.07, 6.45) is -0.529. The molecule has 1 aliphatic heterocycles. The Morgan fingerprint density at radius 2 is 2.29 bits per heavy atom. The monoisotopic (exact) mass is 301 g/mol. The summed E-state index contributed by atoms with van der Waals surface area (Å²) in [5.74, 6) is 0. The van der Waals surface area contributed by atoms with Gasteiger partial charge in [0.25, 0.3) is 5.69 Å². The second-order valence-electron chi connectivity index (χ2n) is 3.90. The summed E-state index contributed by atoms with van der Waals surface area (Å²) in [5, 5.41) is 26.5. The first-order valence-corrected chi connectivity index (χ1v) is 5.96. The summed E-state index contributed by atoms with van der Waals surface area (Å²) in [7, 11) is 0. The number of hydrogen-bond acceptors (Lipinski definition) is 5. The van der Waals surface area contributed by atoms with Crippen molar-refractivity contribution in [3.8, 4) is 0 Å². The van der Waals surface area contributed by atoms with Crippen molar-refractivity contribution in [2.45, 2.75) is 12.1 Å². The van der Waals surface area contributed by atoms with Crippen molar-refractivity contribution in [1.82, 2.24) is 5.32 Å². The van der Waals surface area contributed by atoms with Crippen LogP contribution in [0, 0.1) is 10.1 Å². The zero-order chi connectivity index (χ0) is 12.4. The number of nitrogens with zero attached hydrogens (tertiary/aromatic N) is 1. The zero-order valence-electron chi connectivity index (χ0n) is 8.89. The minimum absolute atomic E-state index is 0.00141. The van der Waals surface area contributed by atoms with Crippen molar-refractivity contribution in [2.24, 2.45) is 0 Å². The fraction of sp³-hybridized carbons (Fsp3) is 0.400. The number of nitro groups is 1. The van der Waals surface area contributed by atoms with Gasteiger partial charge in [-0.15, -0.1) is 0 Å². The van der Waals surface area contributed by atoms with Crippen LogP contribution < -0.4 is 10.6 Å². The highest BCUT2D eigenvalue weighted by Crippen LogP contribution is 2.29. The van der Waals surface area contributed by atoms with Crippen molar-refractivity contribution < 1.29 is 10.0 Å². The van der Waals surface area contributed by atoms with Crippen LogP contribution in [0.3, 0.4) is 0 Å². The summed E-state index contributed by atoms with van der Waals surface area (Å²) in [5.41, 5.74) is 0.421. The summed E-state index contributed by atoms with van der Waals surface area (Å²) in [6.45, 7) is 1.09. The van der Waals surface area contributed by atoms with Gasteiger partial charge in [-0.1, -0.05) is 15.9 Å². The number of aliphatic hydroxyl groups excluding tert-OH is 1. The zero-order valence-corrected chi connectivity index (χ0v) is 10.5. The molecule has 1 heterocycles. The number of benzene rings is 1. The van der Waals surface area contributed by atoms with Gasteiger partial charge in [0.2, 0.25) is 0 Å².